The van der Waals surface area contributed by atoms with Gasteiger partial charge in [0, 0.05) is 21.3 Å². The van der Waals surface area contributed by atoms with Crippen molar-refractivity contribution in [1.29, 1.82) is 0 Å². The van der Waals surface area contributed by atoms with Gasteiger partial charge in [0.25, 0.3) is 5.91 Å². The lowest BCUT2D eigenvalue weighted by Crippen LogP contribution is -2.26. The molecular formula is C16H16N2OS. The van der Waals surface area contributed by atoms with Gasteiger partial charge in [-0.15, -0.1) is 11.3 Å². The van der Waals surface area contributed by atoms with Crippen LogP contribution in [-0.4, -0.2) is 10.9 Å². The first-order chi connectivity index (χ1) is 9.65. The van der Waals surface area contributed by atoms with Crippen molar-refractivity contribution >= 4 is 28.1 Å². The molecule has 1 unspecified atom stereocenters. The van der Waals surface area contributed by atoms with Crippen LogP contribution in [0.15, 0.2) is 42.6 Å². The standard InChI is InChI=1S/C16H16N2OS/c1-10-6-7-14(20-10)11(2)18-16(19)13-5-3-4-12-8-9-17-15(12)13/h3-9,11,17H,1-2H3,(H,18,19). The van der Waals surface area contributed by atoms with Gasteiger partial charge < -0.3 is 10.3 Å². The first-order valence-electron chi connectivity index (χ1n) is 6.58. The second-order valence-corrected chi connectivity index (χ2v) is 6.21. The first-order valence-corrected chi connectivity index (χ1v) is 7.40. The second-order valence-electron chi connectivity index (χ2n) is 4.89. The van der Waals surface area contributed by atoms with Crippen LogP contribution in [0.25, 0.3) is 10.9 Å². The summed E-state index contributed by atoms with van der Waals surface area (Å²) in [5.74, 6) is -0.0448. The Balaban J connectivity index is 1.84. The van der Waals surface area contributed by atoms with E-state index in [4.69, 9.17) is 0 Å². The highest BCUT2D eigenvalue weighted by Gasteiger charge is 2.15. The Morgan fingerprint density at radius 1 is 1.25 bits per heavy atom. The van der Waals surface area contributed by atoms with Crippen molar-refractivity contribution in [2.24, 2.45) is 0 Å². The third-order valence-corrected chi connectivity index (χ3v) is 4.55. The molecule has 4 heteroatoms. The summed E-state index contributed by atoms with van der Waals surface area (Å²) in [4.78, 5) is 18.0. The van der Waals surface area contributed by atoms with E-state index in [0.717, 1.165) is 10.9 Å². The number of para-hydroxylation sites is 1. The Labute approximate surface area is 121 Å². The normalized spacial score (nSPS) is 12.5. The highest BCUT2D eigenvalue weighted by Crippen LogP contribution is 2.23. The van der Waals surface area contributed by atoms with Crippen LogP contribution in [0, 0.1) is 6.92 Å². The third-order valence-electron chi connectivity index (χ3n) is 3.37. The van der Waals surface area contributed by atoms with Gasteiger partial charge in [0.05, 0.1) is 17.1 Å². The van der Waals surface area contributed by atoms with Gasteiger partial charge in [-0.05, 0) is 38.1 Å². The Bertz CT molecular complexity index is 757. The molecule has 0 radical (unpaired) electrons. The van der Waals surface area contributed by atoms with Crippen molar-refractivity contribution in [3.05, 3.63) is 57.9 Å². The number of carbonyl (C=O) groups excluding carboxylic acids is 1. The highest BCUT2D eigenvalue weighted by atomic mass is 32.1. The fraction of sp³-hybridized carbons (Fsp3) is 0.188. The molecule has 102 valence electrons. The largest absolute Gasteiger partial charge is 0.361 e. The van der Waals surface area contributed by atoms with E-state index in [0.29, 0.717) is 5.56 Å². The molecule has 3 rings (SSSR count). The number of hydrogen-bond acceptors (Lipinski definition) is 2. The summed E-state index contributed by atoms with van der Waals surface area (Å²) in [5.41, 5.74) is 1.58. The molecule has 1 atom stereocenters. The minimum absolute atomic E-state index is 0.0198. The second kappa shape index (κ2) is 5.13. The first kappa shape index (κ1) is 12.9. The van der Waals surface area contributed by atoms with E-state index < -0.39 is 0 Å². The quantitative estimate of drug-likeness (QED) is 0.749. The zero-order valence-electron chi connectivity index (χ0n) is 11.4. The molecule has 0 fully saturated rings. The molecule has 0 aliphatic carbocycles. The molecular weight excluding hydrogens is 268 g/mol. The van der Waals surface area contributed by atoms with Crippen molar-refractivity contribution in [1.82, 2.24) is 10.3 Å². The van der Waals surface area contributed by atoms with E-state index in [1.807, 2.05) is 37.4 Å². The van der Waals surface area contributed by atoms with Crippen LogP contribution in [0.3, 0.4) is 0 Å². The van der Waals surface area contributed by atoms with Crippen LogP contribution in [0.1, 0.15) is 33.1 Å². The number of carbonyl (C=O) groups is 1. The summed E-state index contributed by atoms with van der Waals surface area (Å²) >= 11 is 1.72. The summed E-state index contributed by atoms with van der Waals surface area (Å²) < 4.78 is 0. The number of aryl methyl sites for hydroxylation is 1. The molecule has 0 aliphatic heterocycles. The predicted octanol–water partition coefficient (Wildman–Crippen LogP) is 4.03. The molecule has 1 amide bonds. The molecule has 0 saturated heterocycles. The Kier molecular flexibility index (Phi) is 3.32. The van der Waals surface area contributed by atoms with Gasteiger partial charge in [-0.2, -0.15) is 0 Å². The number of nitrogens with one attached hydrogen (secondary N) is 2. The SMILES string of the molecule is Cc1ccc(C(C)NC(=O)c2cccc3cc[nH]c23)s1. The minimum Gasteiger partial charge on any atom is -0.361 e. The molecule has 3 nitrogen and oxygen atoms in total. The maximum Gasteiger partial charge on any atom is 0.253 e. The molecule has 3 aromatic rings. The van der Waals surface area contributed by atoms with E-state index in [9.17, 15) is 4.79 Å². The van der Waals surface area contributed by atoms with Gasteiger partial charge in [-0.3, -0.25) is 4.79 Å². The summed E-state index contributed by atoms with van der Waals surface area (Å²) in [6.07, 6.45) is 1.85. The highest BCUT2D eigenvalue weighted by molar-refractivity contribution is 7.12. The van der Waals surface area contributed by atoms with Gasteiger partial charge in [0.1, 0.15) is 0 Å². The van der Waals surface area contributed by atoms with Crippen LogP contribution in [-0.2, 0) is 0 Å². The van der Waals surface area contributed by atoms with E-state index in [1.54, 1.807) is 11.3 Å². The van der Waals surface area contributed by atoms with Gasteiger partial charge in [-0.25, -0.2) is 0 Å². The molecule has 2 aromatic heterocycles. The smallest absolute Gasteiger partial charge is 0.253 e. The number of amides is 1. The molecule has 2 N–H and O–H groups in total. The zero-order chi connectivity index (χ0) is 14.1. The molecule has 20 heavy (non-hydrogen) atoms. The van der Waals surface area contributed by atoms with E-state index in [2.05, 4.69) is 29.4 Å². The molecule has 0 aliphatic rings. The van der Waals surface area contributed by atoms with Crippen molar-refractivity contribution < 1.29 is 4.79 Å². The lowest BCUT2D eigenvalue weighted by atomic mass is 10.1. The maximum atomic E-state index is 12.4. The molecule has 1 aromatic carbocycles. The summed E-state index contributed by atoms with van der Waals surface area (Å²) in [5, 5.41) is 4.11. The summed E-state index contributed by atoms with van der Waals surface area (Å²) in [6, 6.07) is 11.9. The van der Waals surface area contributed by atoms with E-state index in [-0.39, 0.29) is 11.9 Å². The van der Waals surface area contributed by atoms with E-state index >= 15 is 0 Å². The fourth-order valence-electron chi connectivity index (χ4n) is 2.31. The van der Waals surface area contributed by atoms with Crippen LogP contribution in [0.2, 0.25) is 0 Å². The molecule has 0 bridgehead atoms. The van der Waals surface area contributed by atoms with Gasteiger partial charge in [0.2, 0.25) is 0 Å². The monoisotopic (exact) mass is 284 g/mol. The molecule has 0 saturated carbocycles. The van der Waals surface area contributed by atoms with Crippen LogP contribution in [0.4, 0.5) is 0 Å². The average molecular weight is 284 g/mol. The maximum absolute atomic E-state index is 12.4. The number of hydrogen-bond donors (Lipinski definition) is 2. The van der Waals surface area contributed by atoms with E-state index in [1.165, 1.54) is 9.75 Å². The van der Waals surface area contributed by atoms with Gasteiger partial charge in [0.15, 0.2) is 0 Å². The Morgan fingerprint density at radius 3 is 2.85 bits per heavy atom. The number of fused-ring (bicyclic) bond motifs is 1. The lowest BCUT2D eigenvalue weighted by Gasteiger charge is -2.12. The Morgan fingerprint density at radius 2 is 2.10 bits per heavy atom. The van der Waals surface area contributed by atoms with Crippen molar-refractivity contribution in [2.75, 3.05) is 0 Å². The topological polar surface area (TPSA) is 44.9 Å². The number of H-pyrrole nitrogens is 1. The van der Waals surface area contributed by atoms with Crippen LogP contribution >= 0.6 is 11.3 Å². The third kappa shape index (κ3) is 2.34. The molecule has 0 spiro atoms. The molecule has 2 heterocycles. The average Bonchev–Trinajstić information content (AvgIpc) is 3.06. The number of aromatic nitrogens is 1. The van der Waals surface area contributed by atoms with Gasteiger partial charge >= 0.3 is 0 Å². The number of aromatic amines is 1. The minimum atomic E-state index is -0.0448. The number of benzene rings is 1. The number of rotatable bonds is 3. The summed E-state index contributed by atoms with van der Waals surface area (Å²) in [6.45, 7) is 4.08. The van der Waals surface area contributed by atoms with Crippen molar-refractivity contribution in [3.63, 3.8) is 0 Å². The zero-order valence-corrected chi connectivity index (χ0v) is 12.3. The van der Waals surface area contributed by atoms with Crippen LogP contribution in [0.5, 0.6) is 0 Å². The summed E-state index contributed by atoms with van der Waals surface area (Å²) in [7, 11) is 0. The van der Waals surface area contributed by atoms with Crippen molar-refractivity contribution in [2.45, 2.75) is 19.9 Å². The number of thiophene rings is 1. The van der Waals surface area contributed by atoms with Crippen LogP contribution < -0.4 is 5.32 Å². The lowest BCUT2D eigenvalue weighted by molar-refractivity contribution is 0.0942. The fourth-order valence-corrected chi connectivity index (χ4v) is 3.19. The predicted molar refractivity (Wildman–Crippen MR) is 83.2 cm³/mol. The Hall–Kier alpha value is -2.07. The van der Waals surface area contributed by atoms with Crippen molar-refractivity contribution in [3.8, 4) is 0 Å². The van der Waals surface area contributed by atoms with Gasteiger partial charge in [-0.1, -0.05) is 12.1 Å².